The molecule has 2 fully saturated rings. The van der Waals surface area contributed by atoms with Crippen molar-refractivity contribution < 1.29 is 86.4 Å². The highest BCUT2D eigenvalue weighted by atomic mass is 31.3. The van der Waals surface area contributed by atoms with Crippen molar-refractivity contribution >= 4 is 39.2 Å². The summed E-state index contributed by atoms with van der Waals surface area (Å²) in [6.07, 6.45) is 7.91. The lowest BCUT2D eigenvalue weighted by atomic mass is 9.82. The topological polar surface area (TPSA) is 343 Å². The molecule has 2 saturated heterocycles. The monoisotopic (exact) mass is 1120 g/mol. The van der Waals surface area contributed by atoms with Crippen LogP contribution < -0.4 is 11.4 Å². The van der Waals surface area contributed by atoms with Gasteiger partial charge in [0.15, 0.2) is 6.10 Å². The number of hydrogen-bond donors (Lipinski definition) is 8. The number of aromatic nitrogens is 2. The van der Waals surface area contributed by atoms with E-state index in [1.807, 2.05) is 6.92 Å². The van der Waals surface area contributed by atoms with Crippen molar-refractivity contribution in [3.63, 3.8) is 0 Å². The second-order valence-electron chi connectivity index (χ2n) is 20.9. The van der Waals surface area contributed by atoms with Crippen molar-refractivity contribution in [2.24, 2.45) is 17.8 Å². The van der Waals surface area contributed by atoms with Crippen LogP contribution in [0.1, 0.15) is 194 Å². The van der Waals surface area contributed by atoms with Crippen LogP contribution in [0.2, 0.25) is 0 Å². The van der Waals surface area contributed by atoms with Gasteiger partial charge in [-0.15, -0.1) is 0 Å². The first-order valence-electron chi connectivity index (χ1n) is 27.7. The van der Waals surface area contributed by atoms with Crippen LogP contribution in [-0.4, -0.2) is 125 Å². The fourth-order valence-electron chi connectivity index (χ4n) is 9.31. The molecule has 3 heterocycles. The highest BCUT2D eigenvalue weighted by Crippen LogP contribution is 2.60. The molecule has 22 nitrogen and oxygen atoms in total. The van der Waals surface area contributed by atoms with E-state index in [9.17, 15) is 63.6 Å². The average Bonchev–Trinajstić information content (AvgIpc) is 3.34. The predicted octanol–water partition coefficient (Wildman–Crippen LogP) is 7.42. The van der Waals surface area contributed by atoms with Crippen LogP contribution in [0.25, 0.3) is 0 Å². The molecule has 2 aliphatic rings. The third-order valence-electron chi connectivity index (χ3n) is 13.7. The SMILES string of the molecule is CCCCC[C@H](O)/C=C/[C@@H]1[C@H](O)[C@H](O)[C@H]2COP(=O)(O)OP(=O)(O)OC[C@H](OC(=O)CCCCCCCCCCCCCCCCC(C)C)COC(=O)CCCCC(=O)C[C@H]([C@H](n3ccc(N)nc3=O)O2)[C@@H](O)C[C@H]1O. The molecule has 9 N–H and O–H groups in total. The lowest BCUT2D eigenvalue weighted by Crippen LogP contribution is -2.52. The fourth-order valence-corrected chi connectivity index (χ4v) is 11.4. The molecular weight excluding hydrogens is 1030 g/mol. The van der Waals surface area contributed by atoms with Crippen LogP contribution in [0.15, 0.2) is 29.2 Å². The molecule has 0 aliphatic carbocycles. The second-order valence-corrected chi connectivity index (χ2v) is 23.9. The minimum atomic E-state index is -5.76. The van der Waals surface area contributed by atoms with Crippen LogP contribution in [0.5, 0.6) is 0 Å². The van der Waals surface area contributed by atoms with E-state index in [2.05, 4.69) is 23.1 Å². The van der Waals surface area contributed by atoms with E-state index in [-0.39, 0.29) is 37.9 Å². The van der Waals surface area contributed by atoms with Crippen molar-refractivity contribution in [2.45, 2.75) is 237 Å². The van der Waals surface area contributed by atoms with Gasteiger partial charge < -0.3 is 55.3 Å². The van der Waals surface area contributed by atoms with Gasteiger partial charge in [-0.1, -0.05) is 142 Å². The normalized spacial score (nSPS) is 29.7. The predicted molar refractivity (Wildman–Crippen MR) is 282 cm³/mol. The van der Waals surface area contributed by atoms with Gasteiger partial charge in [0.05, 0.1) is 37.6 Å². The Kier molecular flexibility index (Phi) is 32.2. The highest BCUT2D eigenvalue weighted by Gasteiger charge is 2.45. The molecule has 0 amide bonds. The smallest absolute Gasteiger partial charge is 0.462 e. The summed E-state index contributed by atoms with van der Waals surface area (Å²) >= 11 is 0. The number of carbonyl (C=O) groups is 3. The Hall–Kier alpha value is -2.95. The minimum absolute atomic E-state index is 0.0219. The zero-order valence-corrected chi connectivity index (χ0v) is 46.9. The van der Waals surface area contributed by atoms with E-state index < -0.39 is 133 Å². The quantitative estimate of drug-likeness (QED) is 0.0204. The summed E-state index contributed by atoms with van der Waals surface area (Å²) < 4.78 is 58.9. The Morgan fingerprint density at radius 2 is 1.38 bits per heavy atom. The minimum Gasteiger partial charge on any atom is -0.462 e. The molecule has 0 saturated carbocycles. The number of phosphoric acid groups is 2. The third kappa shape index (κ3) is 27.3. The van der Waals surface area contributed by atoms with Crippen molar-refractivity contribution in [3.8, 4) is 0 Å². The second kappa shape index (κ2) is 36.3. The summed E-state index contributed by atoms with van der Waals surface area (Å²) in [4.78, 5) is 78.1. The molecule has 24 heteroatoms. The maximum absolute atomic E-state index is 13.7. The number of rotatable bonds is 25. The van der Waals surface area contributed by atoms with Gasteiger partial charge in [0.1, 0.15) is 36.6 Å². The molecule has 76 heavy (non-hydrogen) atoms. The Morgan fingerprint density at radius 3 is 1.99 bits per heavy atom. The number of phosphoric ester groups is 2. The number of Topliss-reactive ketones (excluding diaryl/α,β-unsaturated/α-hetero) is 1. The Labute approximate surface area is 448 Å². The number of fused-ring (bicyclic) bond motifs is 3. The van der Waals surface area contributed by atoms with E-state index in [0.29, 0.717) is 19.3 Å². The largest absolute Gasteiger partial charge is 0.481 e. The van der Waals surface area contributed by atoms with E-state index in [1.165, 1.54) is 76.0 Å². The van der Waals surface area contributed by atoms with Crippen molar-refractivity contribution in [3.05, 3.63) is 34.9 Å². The van der Waals surface area contributed by atoms with Gasteiger partial charge >= 0.3 is 33.3 Å². The molecule has 12 atom stereocenters. The number of esters is 2. The third-order valence-corrected chi connectivity index (χ3v) is 16.3. The number of unbranched alkanes of at least 4 members (excludes halogenated alkanes) is 15. The lowest BCUT2D eigenvalue weighted by Gasteiger charge is -2.40. The van der Waals surface area contributed by atoms with E-state index in [0.717, 1.165) is 61.6 Å². The van der Waals surface area contributed by atoms with Gasteiger partial charge in [-0.25, -0.2) is 13.9 Å². The first-order chi connectivity index (χ1) is 36.1. The molecule has 3 rings (SSSR count). The molecular formula is C52H91N3O19P2. The Bertz CT molecular complexity index is 2030. The summed E-state index contributed by atoms with van der Waals surface area (Å²) in [6, 6.07) is 1.18. The Balaban J connectivity index is 1.76. The van der Waals surface area contributed by atoms with Crippen LogP contribution >= 0.6 is 15.6 Å². The molecule has 438 valence electrons. The van der Waals surface area contributed by atoms with Gasteiger partial charge in [-0.2, -0.15) is 9.29 Å². The van der Waals surface area contributed by atoms with Crippen LogP contribution in [-0.2, 0) is 51.1 Å². The maximum Gasteiger partial charge on any atom is 0.481 e. The van der Waals surface area contributed by atoms with Crippen molar-refractivity contribution in [1.29, 1.82) is 0 Å². The van der Waals surface area contributed by atoms with Gasteiger partial charge in [-0.3, -0.25) is 28.0 Å². The standard InChI is InChI=1S/C52H91N3O19P2/c1-4-5-18-24-38(56)28-29-41-43(58)33-44(59)42-32-39(57)25-21-22-26-47(60)69-34-40(72-48(61)27-20-17-15-13-11-9-7-6-8-10-12-14-16-19-23-37(2)3)35-70-75(65,66)74-76(67,68)71-36-45(50(63)49(41)62)73-51(42)55-31-30-46(53)54-52(55)64/h28-31,37-38,40-45,49-51,56,58-59,62-63H,4-27,32-36H2,1-3H3,(H,65,66)(H,67,68)(H2,53,54,64)/b29-28+/t38-,40+,41-,42-,43+,44-,45+,49-,50+,51+/m0/s1. The van der Waals surface area contributed by atoms with Crippen molar-refractivity contribution in [1.82, 2.24) is 9.55 Å². The number of anilines is 1. The molecule has 1 aromatic rings. The summed E-state index contributed by atoms with van der Waals surface area (Å²) in [5.74, 6) is -4.40. The zero-order valence-electron chi connectivity index (χ0n) is 45.1. The van der Waals surface area contributed by atoms with Gasteiger partial charge in [0.25, 0.3) is 0 Å². The zero-order chi connectivity index (χ0) is 56.1. The number of nitrogens with zero attached hydrogens (tertiary/aromatic N) is 2. The molecule has 0 radical (unpaired) electrons. The molecule has 0 spiro atoms. The molecule has 1 aromatic heterocycles. The number of carbonyl (C=O) groups excluding carboxylic acids is 3. The number of aliphatic hydroxyl groups is 5. The average molecular weight is 1120 g/mol. The number of nitrogen functional groups attached to an aromatic ring is 1. The molecule has 0 aromatic carbocycles. The highest BCUT2D eigenvalue weighted by molar-refractivity contribution is 7.61. The van der Waals surface area contributed by atoms with E-state index in [1.54, 1.807) is 0 Å². The number of nitrogens with two attached hydrogens (primary N) is 1. The summed E-state index contributed by atoms with van der Waals surface area (Å²) in [5.41, 5.74) is 4.68. The molecule has 2 unspecified atom stereocenters. The lowest BCUT2D eigenvalue weighted by molar-refractivity contribution is -0.196. The summed E-state index contributed by atoms with van der Waals surface area (Å²) in [5, 5.41) is 57.5. The number of ketones is 1. The van der Waals surface area contributed by atoms with Gasteiger partial charge in [-0.05, 0) is 37.7 Å². The fraction of sp³-hybridized carbons (Fsp3) is 0.827. The van der Waals surface area contributed by atoms with Gasteiger partial charge in [0.2, 0.25) is 0 Å². The van der Waals surface area contributed by atoms with E-state index in [4.69, 9.17) is 29.0 Å². The summed E-state index contributed by atoms with van der Waals surface area (Å²) in [6.45, 7) is 3.64. The van der Waals surface area contributed by atoms with Crippen molar-refractivity contribution in [2.75, 3.05) is 25.6 Å². The maximum atomic E-state index is 13.7. The number of hydrogen-bond acceptors (Lipinski definition) is 19. The number of aliphatic hydroxyl groups excluding tert-OH is 5. The number of cyclic esters (lactones) is 1. The van der Waals surface area contributed by atoms with Gasteiger partial charge in [0, 0.05) is 50.1 Å². The van der Waals surface area contributed by atoms with Crippen LogP contribution in [0, 0.1) is 17.8 Å². The molecule has 2 aliphatic heterocycles. The first-order valence-corrected chi connectivity index (χ1v) is 30.7. The van der Waals surface area contributed by atoms with E-state index >= 15 is 0 Å². The van der Waals surface area contributed by atoms with Crippen LogP contribution in [0.4, 0.5) is 5.82 Å². The summed E-state index contributed by atoms with van der Waals surface area (Å²) in [7, 11) is -11.4. The first kappa shape index (κ1) is 67.3. The molecule has 2 bridgehead atoms. The van der Waals surface area contributed by atoms with Crippen LogP contribution in [0.3, 0.4) is 0 Å². The Morgan fingerprint density at radius 1 is 0.803 bits per heavy atom. The number of ether oxygens (including phenoxy) is 3.